The van der Waals surface area contributed by atoms with E-state index in [-0.39, 0.29) is 12.1 Å². The van der Waals surface area contributed by atoms with Gasteiger partial charge in [0.1, 0.15) is 5.00 Å². The highest BCUT2D eigenvalue weighted by Crippen LogP contribution is 2.39. The molecule has 0 radical (unpaired) electrons. The van der Waals surface area contributed by atoms with Crippen LogP contribution in [0.3, 0.4) is 0 Å². The Kier molecular flexibility index (Phi) is 6.37. The zero-order chi connectivity index (χ0) is 16.9. The highest BCUT2D eigenvalue weighted by atomic mass is 32.2. The molecule has 1 saturated heterocycles. The molecule has 1 atom stereocenters. The molecule has 2 aliphatic heterocycles. The predicted molar refractivity (Wildman–Crippen MR) is 103 cm³/mol. The molecule has 8 heteroatoms. The van der Waals surface area contributed by atoms with E-state index in [0.29, 0.717) is 23.8 Å². The van der Waals surface area contributed by atoms with Gasteiger partial charge in [-0.25, -0.2) is 4.79 Å². The first-order chi connectivity index (χ1) is 11.7. The first-order valence-electron chi connectivity index (χ1n) is 8.25. The van der Waals surface area contributed by atoms with Gasteiger partial charge in [0.25, 0.3) is 0 Å². The van der Waals surface area contributed by atoms with E-state index < -0.39 is 0 Å². The van der Waals surface area contributed by atoms with Gasteiger partial charge in [-0.2, -0.15) is 11.8 Å². The summed E-state index contributed by atoms with van der Waals surface area (Å²) < 4.78 is 10.8. The molecule has 0 bridgehead atoms. The van der Waals surface area contributed by atoms with Crippen LogP contribution in [-0.4, -0.2) is 42.7 Å². The summed E-state index contributed by atoms with van der Waals surface area (Å²) in [4.78, 5) is 13.6. The second-order valence-electron chi connectivity index (χ2n) is 5.70. The van der Waals surface area contributed by atoms with E-state index >= 15 is 0 Å². The van der Waals surface area contributed by atoms with E-state index in [1.807, 2.05) is 18.7 Å². The smallest absolute Gasteiger partial charge is 0.341 e. The third kappa shape index (κ3) is 4.22. The number of hydrogen-bond acceptors (Lipinski definition) is 6. The summed E-state index contributed by atoms with van der Waals surface area (Å²) in [6, 6.07) is 0. The number of thioether (sulfide) groups is 1. The van der Waals surface area contributed by atoms with Gasteiger partial charge >= 0.3 is 5.97 Å². The fourth-order valence-electron chi connectivity index (χ4n) is 2.90. The maximum absolute atomic E-state index is 12.4. The maximum Gasteiger partial charge on any atom is 0.341 e. The Bertz CT molecular complexity index is 612. The molecule has 0 amide bonds. The normalized spacial score (nSPS) is 19.6. The van der Waals surface area contributed by atoms with E-state index in [1.54, 1.807) is 11.3 Å². The molecule has 3 rings (SSSR count). The first-order valence-corrected chi connectivity index (χ1v) is 10.6. The Morgan fingerprint density at radius 3 is 3.12 bits per heavy atom. The fraction of sp³-hybridized carbons (Fsp3) is 0.625. The lowest BCUT2D eigenvalue weighted by molar-refractivity contribution is 0.0527. The van der Waals surface area contributed by atoms with Gasteiger partial charge in [-0.05, 0) is 49.7 Å². The van der Waals surface area contributed by atoms with Crippen LogP contribution in [0.5, 0.6) is 0 Å². The Morgan fingerprint density at radius 1 is 1.50 bits per heavy atom. The standard InChI is InChI=1S/C16H22N2O3S3/c1-2-20-15(19)13-11-5-7-23-9-12(11)24-14(13)18-16(22)17-8-10-4-3-6-21-10/h10H,2-9H2,1H3,(H2,17,18,22)/t10-/m1/s1. The molecule has 2 N–H and O–H groups in total. The summed E-state index contributed by atoms with van der Waals surface area (Å²) in [7, 11) is 0. The molecule has 132 valence electrons. The molecule has 0 aliphatic carbocycles. The van der Waals surface area contributed by atoms with Crippen molar-refractivity contribution < 1.29 is 14.3 Å². The number of rotatable bonds is 5. The first kappa shape index (κ1) is 18.0. The van der Waals surface area contributed by atoms with Crippen molar-refractivity contribution in [2.45, 2.75) is 38.0 Å². The summed E-state index contributed by atoms with van der Waals surface area (Å²) in [5.74, 6) is 1.73. The Balaban J connectivity index is 1.70. The number of fused-ring (bicyclic) bond motifs is 1. The maximum atomic E-state index is 12.4. The second-order valence-corrected chi connectivity index (χ2v) is 8.32. The van der Waals surface area contributed by atoms with Crippen molar-refractivity contribution in [3.05, 3.63) is 16.0 Å². The number of carbonyl (C=O) groups excluding carboxylic acids is 1. The average Bonchev–Trinajstić information content (AvgIpc) is 3.20. The summed E-state index contributed by atoms with van der Waals surface area (Å²) in [6.45, 7) is 3.73. The summed E-state index contributed by atoms with van der Waals surface area (Å²) >= 11 is 8.90. The minimum absolute atomic E-state index is 0.224. The van der Waals surface area contributed by atoms with Gasteiger partial charge in [0.05, 0.1) is 18.3 Å². The molecular weight excluding hydrogens is 364 g/mol. The SMILES string of the molecule is CCOC(=O)c1c(NC(=S)NC[C@H]2CCCO2)sc2c1CCSC2. The van der Waals surface area contributed by atoms with Crippen LogP contribution in [-0.2, 0) is 21.6 Å². The highest BCUT2D eigenvalue weighted by molar-refractivity contribution is 7.98. The molecule has 3 heterocycles. The van der Waals surface area contributed by atoms with Crippen molar-refractivity contribution in [2.75, 3.05) is 30.8 Å². The largest absolute Gasteiger partial charge is 0.462 e. The zero-order valence-electron chi connectivity index (χ0n) is 13.7. The van der Waals surface area contributed by atoms with E-state index in [0.717, 1.165) is 47.9 Å². The molecule has 1 aromatic rings. The molecule has 1 aromatic heterocycles. The quantitative estimate of drug-likeness (QED) is 0.595. The molecule has 24 heavy (non-hydrogen) atoms. The lowest BCUT2D eigenvalue weighted by atomic mass is 10.1. The lowest BCUT2D eigenvalue weighted by Gasteiger charge is -2.14. The molecule has 2 aliphatic rings. The second kappa shape index (κ2) is 8.51. The van der Waals surface area contributed by atoms with E-state index in [2.05, 4.69) is 10.6 Å². The van der Waals surface area contributed by atoms with Crippen molar-refractivity contribution in [2.24, 2.45) is 0 Å². The number of carbonyl (C=O) groups is 1. The molecule has 0 unspecified atom stereocenters. The Labute approximate surface area is 155 Å². The number of thiocarbonyl (C=S) groups is 1. The van der Waals surface area contributed by atoms with Crippen molar-refractivity contribution in [1.82, 2.24) is 5.32 Å². The zero-order valence-corrected chi connectivity index (χ0v) is 16.1. The number of nitrogens with one attached hydrogen (secondary N) is 2. The summed E-state index contributed by atoms with van der Waals surface area (Å²) in [6.07, 6.45) is 3.30. The van der Waals surface area contributed by atoms with Crippen molar-refractivity contribution in [3.8, 4) is 0 Å². The molecule has 0 spiro atoms. The predicted octanol–water partition coefficient (Wildman–Crippen LogP) is 3.18. The number of hydrogen-bond donors (Lipinski definition) is 2. The van der Waals surface area contributed by atoms with Crippen LogP contribution in [0.15, 0.2) is 0 Å². The third-order valence-corrected chi connectivity index (χ3v) is 6.60. The minimum Gasteiger partial charge on any atom is -0.462 e. The average molecular weight is 387 g/mol. The van der Waals surface area contributed by atoms with Crippen LogP contribution in [0.25, 0.3) is 0 Å². The number of esters is 1. The van der Waals surface area contributed by atoms with Crippen molar-refractivity contribution in [1.29, 1.82) is 0 Å². The van der Waals surface area contributed by atoms with Crippen LogP contribution in [0, 0.1) is 0 Å². The fourth-order valence-corrected chi connectivity index (χ4v) is 5.52. The summed E-state index contributed by atoms with van der Waals surface area (Å²) in [5, 5.41) is 7.73. The van der Waals surface area contributed by atoms with Crippen LogP contribution >= 0.6 is 35.3 Å². The van der Waals surface area contributed by atoms with Gasteiger partial charge in [0.15, 0.2) is 5.11 Å². The van der Waals surface area contributed by atoms with Gasteiger partial charge < -0.3 is 20.1 Å². The van der Waals surface area contributed by atoms with Crippen LogP contribution in [0.4, 0.5) is 5.00 Å². The monoisotopic (exact) mass is 386 g/mol. The summed E-state index contributed by atoms with van der Waals surface area (Å²) in [5.41, 5.74) is 1.79. The van der Waals surface area contributed by atoms with Crippen LogP contribution in [0.1, 0.15) is 40.6 Å². The van der Waals surface area contributed by atoms with E-state index in [4.69, 9.17) is 21.7 Å². The molecular formula is C16H22N2O3S3. The van der Waals surface area contributed by atoms with Crippen molar-refractivity contribution >= 4 is 51.4 Å². The van der Waals surface area contributed by atoms with Gasteiger partial charge in [-0.3, -0.25) is 0 Å². The molecule has 5 nitrogen and oxygen atoms in total. The van der Waals surface area contributed by atoms with Gasteiger partial charge in [-0.15, -0.1) is 11.3 Å². The van der Waals surface area contributed by atoms with E-state index in [9.17, 15) is 4.79 Å². The van der Waals surface area contributed by atoms with E-state index in [1.165, 1.54) is 4.88 Å². The lowest BCUT2D eigenvalue weighted by Crippen LogP contribution is -2.35. The van der Waals surface area contributed by atoms with Crippen molar-refractivity contribution in [3.63, 3.8) is 0 Å². The van der Waals surface area contributed by atoms with Gasteiger partial charge in [0.2, 0.25) is 0 Å². The van der Waals surface area contributed by atoms with Gasteiger partial charge in [0, 0.05) is 23.8 Å². The molecule has 0 saturated carbocycles. The van der Waals surface area contributed by atoms with Crippen LogP contribution < -0.4 is 10.6 Å². The number of thiophene rings is 1. The number of anilines is 1. The Hall–Kier alpha value is -0.830. The molecule has 1 fully saturated rings. The number of ether oxygens (including phenoxy) is 2. The minimum atomic E-state index is -0.258. The molecule has 0 aromatic carbocycles. The van der Waals surface area contributed by atoms with Crippen LogP contribution in [0.2, 0.25) is 0 Å². The van der Waals surface area contributed by atoms with Gasteiger partial charge in [-0.1, -0.05) is 0 Å². The Morgan fingerprint density at radius 2 is 2.38 bits per heavy atom. The third-order valence-electron chi connectivity index (χ3n) is 4.04. The topological polar surface area (TPSA) is 59.6 Å². The highest BCUT2D eigenvalue weighted by Gasteiger charge is 2.27.